The number of thiocarbonyl (C=S) groups is 1. The molecule has 2 aliphatic rings. The fraction of sp³-hybridized carbons (Fsp3) is 0.625. The van der Waals surface area contributed by atoms with Crippen molar-refractivity contribution in [3.05, 3.63) is 11.2 Å². The van der Waals surface area contributed by atoms with Gasteiger partial charge in [-0.2, -0.15) is 0 Å². The molecule has 7 heteroatoms. The minimum atomic E-state index is 0.737. The van der Waals surface area contributed by atoms with Gasteiger partial charge in [-0.05, 0) is 0 Å². The number of hydrogen-bond donors (Lipinski definition) is 1. The minimum absolute atomic E-state index is 0.737. The molecule has 83 valence electrons. The van der Waals surface area contributed by atoms with Crippen molar-refractivity contribution in [1.29, 1.82) is 0 Å². The van der Waals surface area contributed by atoms with Crippen molar-refractivity contribution in [3.63, 3.8) is 0 Å². The van der Waals surface area contributed by atoms with E-state index in [-0.39, 0.29) is 0 Å². The second-order valence-corrected chi connectivity index (χ2v) is 4.48. The van der Waals surface area contributed by atoms with Crippen molar-refractivity contribution >= 4 is 29.7 Å². The van der Waals surface area contributed by atoms with E-state index in [2.05, 4.69) is 10.4 Å². The Morgan fingerprint density at radius 2 is 2.27 bits per heavy atom. The number of hydrogen-bond acceptors (Lipinski definition) is 6. The number of rotatable bonds is 3. The third kappa shape index (κ3) is 2.75. The van der Waals surface area contributed by atoms with Gasteiger partial charge in [-0.25, -0.2) is 4.41 Å². The van der Waals surface area contributed by atoms with Gasteiger partial charge >= 0.3 is 0 Å². The molecule has 1 fully saturated rings. The molecule has 1 radical (unpaired) electrons. The van der Waals surface area contributed by atoms with E-state index in [4.69, 9.17) is 22.7 Å². The quantitative estimate of drug-likeness (QED) is 0.557. The highest BCUT2D eigenvalue weighted by molar-refractivity contribution is 8.02. The summed E-state index contributed by atoms with van der Waals surface area (Å²) in [5.74, 6) is 0. The molecule has 2 rings (SSSR count). The summed E-state index contributed by atoms with van der Waals surface area (Å²) in [5, 5.41) is 2.69. The first-order chi connectivity index (χ1) is 7.29. The van der Waals surface area contributed by atoms with E-state index >= 15 is 0 Å². The Balaban J connectivity index is 1.89. The maximum Gasteiger partial charge on any atom is 0.171 e. The van der Waals surface area contributed by atoms with Gasteiger partial charge in [0.05, 0.1) is 26.1 Å². The lowest BCUT2D eigenvalue weighted by atomic mass is 10.4. The van der Waals surface area contributed by atoms with Crippen molar-refractivity contribution < 1.29 is 4.74 Å². The van der Waals surface area contributed by atoms with Crippen LogP contribution in [0.3, 0.4) is 0 Å². The molecule has 0 aromatic carbocycles. The van der Waals surface area contributed by atoms with Crippen LogP contribution in [0.15, 0.2) is 11.2 Å². The third-order valence-electron chi connectivity index (χ3n) is 2.23. The van der Waals surface area contributed by atoms with E-state index in [1.807, 2.05) is 11.2 Å². The predicted octanol–water partition coefficient (Wildman–Crippen LogP) is 0.0487. The van der Waals surface area contributed by atoms with E-state index in [0.717, 1.165) is 38.0 Å². The molecule has 2 heterocycles. The Bertz CT molecular complexity index is 267. The van der Waals surface area contributed by atoms with Crippen molar-refractivity contribution in [2.75, 3.05) is 33.0 Å². The molecule has 5 nitrogen and oxygen atoms in total. The summed E-state index contributed by atoms with van der Waals surface area (Å²) in [6, 6.07) is 0. The Kier molecular flexibility index (Phi) is 3.68. The van der Waals surface area contributed by atoms with Crippen LogP contribution < -0.4 is 5.73 Å². The summed E-state index contributed by atoms with van der Waals surface area (Å²) in [4.78, 5) is 2.29. The second-order valence-electron chi connectivity index (χ2n) is 3.30. The van der Waals surface area contributed by atoms with Gasteiger partial charge in [0.15, 0.2) is 5.49 Å². The summed E-state index contributed by atoms with van der Waals surface area (Å²) < 4.78 is 7.02. The lowest BCUT2D eigenvalue weighted by molar-refractivity contribution is 0.00360. The molecule has 15 heavy (non-hydrogen) atoms. The Morgan fingerprint density at radius 1 is 1.53 bits per heavy atom. The van der Waals surface area contributed by atoms with Crippen molar-refractivity contribution in [3.8, 4) is 0 Å². The fourth-order valence-electron chi connectivity index (χ4n) is 1.49. The zero-order valence-electron chi connectivity index (χ0n) is 8.26. The minimum Gasteiger partial charge on any atom is -0.391 e. The first kappa shape index (κ1) is 11.0. The maximum absolute atomic E-state index is 5.71. The lowest BCUT2D eigenvalue weighted by Gasteiger charge is -2.33. The zero-order chi connectivity index (χ0) is 10.7. The van der Waals surface area contributed by atoms with Gasteiger partial charge in [0.1, 0.15) is 5.03 Å². The highest BCUT2D eigenvalue weighted by atomic mass is 32.2. The summed E-state index contributed by atoms with van der Waals surface area (Å²) in [7, 11) is 0. The number of nitrogens with two attached hydrogens (primary N) is 1. The molecule has 0 atom stereocenters. The second kappa shape index (κ2) is 5.02. The SMILES string of the molecule is NC1=CN(CN2CCOCC2)N([C]=S)S1. The summed E-state index contributed by atoms with van der Waals surface area (Å²) in [6.45, 7) is 4.25. The highest BCUT2D eigenvalue weighted by Gasteiger charge is 2.22. The molecule has 0 aromatic rings. The van der Waals surface area contributed by atoms with Gasteiger partial charge in [0.25, 0.3) is 0 Å². The van der Waals surface area contributed by atoms with Crippen molar-refractivity contribution in [2.24, 2.45) is 5.73 Å². The molecule has 0 saturated carbocycles. The monoisotopic (exact) mass is 245 g/mol. The molecule has 0 aromatic heterocycles. The largest absolute Gasteiger partial charge is 0.391 e. The molecule has 1 saturated heterocycles. The normalized spacial score (nSPS) is 23.1. The first-order valence-electron chi connectivity index (χ1n) is 4.69. The third-order valence-corrected chi connectivity index (χ3v) is 3.31. The van der Waals surface area contributed by atoms with E-state index < -0.39 is 0 Å². The highest BCUT2D eigenvalue weighted by Crippen LogP contribution is 2.26. The average molecular weight is 245 g/mol. The van der Waals surface area contributed by atoms with Crippen LogP contribution >= 0.6 is 24.2 Å². The molecule has 0 amide bonds. The van der Waals surface area contributed by atoms with Crippen molar-refractivity contribution in [2.45, 2.75) is 0 Å². The Labute approximate surface area is 98.9 Å². The molecule has 2 N–H and O–H groups in total. The Morgan fingerprint density at radius 3 is 2.93 bits per heavy atom. The number of morpholine rings is 1. The van der Waals surface area contributed by atoms with Gasteiger partial charge in [-0.3, -0.25) is 9.91 Å². The summed E-state index contributed by atoms with van der Waals surface area (Å²) in [5.41, 5.74) is 8.36. The molecule has 0 aliphatic carbocycles. The van der Waals surface area contributed by atoms with Crippen LogP contribution in [0.25, 0.3) is 0 Å². The maximum atomic E-state index is 5.71. The smallest absolute Gasteiger partial charge is 0.171 e. The molecular weight excluding hydrogens is 232 g/mol. The van der Waals surface area contributed by atoms with Crippen LogP contribution in [0.5, 0.6) is 0 Å². The predicted molar refractivity (Wildman–Crippen MR) is 63.4 cm³/mol. The van der Waals surface area contributed by atoms with E-state index in [1.165, 1.54) is 11.9 Å². The standard InChI is InChI=1S/C8H13N4OS2/c9-8-5-11(12(7-14)15-8)6-10-1-3-13-4-2-10/h5H,1-4,6,9H2. The molecule has 2 aliphatic heterocycles. The van der Waals surface area contributed by atoms with Gasteiger partial charge in [-0.15, -0.1) is 0 Å². The molecule has 0 bridgehead atoms. The van der Waals surface area contributed by atoms with Crippen LogP contribution in [0, 0.1) is 0 Å². The van der Waals surface area contributed by atoms with Gasteiger partial charge in [-0.1, -0.05) is 12.2 Å². The van der Waals surface area contributed by atoms with Crippen LogP contribution in [-0.2, 0) is 4.74 Å². The van der Waals surface area contributed by atoms with E-state index in [1.54, 1.807) is 4.41 Å². The molecule has 0 unspecified atom stereocenters. The van der Waals surface area contributed by atoms with Crippen LogP contribution in [0.1, 0.15) is 0 Å². The Hall–Kier alpha value is -0.500. The fourth-order valence-corrected chi connectivity index (χ4v) is 2.32. The number of nitrogens with zero attached hydrogens (tertiary/aromatic N) is 3. The molecule has 0 spiro atoms. The lowest BCUT2D eigenvalue weighted by Crippen LogP contribution is -2.45. The average Bonchev–Trinajstić information content (AvgIpc) is 2.60. The summed E-state index contributed by atoms with van der Waals surface area (Å²) >= 11 is 6.18. The van der Waals surface area contributed by atoms with Gasteiger partial charge in [0, 0.05) is 25.0 Å². The van der Waals surface area contributed by atoms with Gasteiger partial charge in [0.2, 0.25) is 0 Å². The topological polar surface area (TPSA) is 45.0 Å². The number of hydrazine groups is 1. The first-order valence-corrected chi connectivity index (χ1v) is 5.87. The zero-order valence-corrected chi connectivity index (χ0v) is 9.89. The van der Waals surface area contributed by atoms with Crippen molar-refractivity contribution in [1.82, 2.24) is 14.3 Å². The van der Waals surface area contributed by atoms with Crippen LogP contribution in [0.2, 0.25) is 0 Å². The molecular formula is C8H13N4OS2. The summed E-state index contributed by atoms with van der Waals surface area (Å²) in [6.07, 6.45) is 1.87. The van der Waals surface area contributed by atoms with E-state index in [0.29, 0.717) is 0 Å². The van der Waals surface area contributed by atoms with Crippen LogP contribution in [0.4, 0.5) is 0 Å². The number of ether oxygens (including phenoxy) is 1. The van der Waals surface area contributed by atoms with E-state index in [9.17, 15) is 0 Å². The van der Waals surface area contributed by atoms with Gasteiger partial charge < -0.3 is 10.5 Å². The van der Waals surface area contributed by atoms with Crippen LogP contribution in [-0.4, -0.2) is 52.8 Å².